The first-order chi connectivity index (χ1) is 9.16. The van der Waals surface area contributed by atoms with E-state index in [0.29, 0.717) is 13.0 Å². The Labute approximate surface area is 121 Å². The Morgan fingerprint density at radius 2 is 1.90 bits per heavy atom. The smallest absolute Gasteiger partial charge is 0.407 e. The zero-order valence-electron chi connectivity index (χ0n) is 13.3. The van der Waals surface area contributed by atoms with Crippen LogP contribution in [0.3, 0.4) is 0 Å². The van der Waals surface area contributed by atoms with Crippen molar-refractivity contribution in [3.05, 3.63) is 0 Å². The SMILES string of the molecule is CC[C@@H](C)NC(=O)CC1(CNC(=O)OC(C)(C)C)CC1. The summed E-state index contributed by atoms with van der Waals surface area (Å²) in [4.78, 5) is 23.5. The molecule has 0 saturated heterocycles. The number of hydrogen-bond donors (Lipinski definition) is 2. The van der Waals surface area contributed by atoms with Crippen LogP contribution in [-0.4, -0.2) is 30.2 Å². The summed E-state index contributed by atoms with van der Waals surface area (Å²) in [7, 11) is 0. The fourth-order valence-corrected chi connectivity index (χ4v) is 1.94. The minimum Gasteiger partial charge on any atom is -0.444 e. The quantitative estimate of drug-likeness (QED) is 0.788. The average Bonchev–Trinajstić information content (AvgIpc) is 3.04. The number of nitrogens with one attached hydrogen (secondary N) is 2. The molecule has 1 aliphatic rings. The van der Waals surface area contributed by atoms with Gasteiger partial charge >= 0.3 is 6.09 Å². The van der Waals surface area contributed by atoms with Crippen molar-refractivity contribution in [1.29, 1.82) is 0 Å². The molecule has 2 N–H and O–H groups in total. The van der Waals surface area contributed by atoms with E-state index < -0.39 is 11.7 Å². The van der Waals surface area contributed by atoms with Crippen LogP contribution in [-0.2, 0) is 9.53 Å². The van der Waals surface area contributed by atoms with Gasteiger partial charge in [-0.2, -0.15) is 0 Å². The molecule has 5 heteroatoms. The highest BCUT2D eigenvalue weighted by Gasteiger charge is 2.44. The van der Waals surface area contributed by atoms with E-state index in [1.807, 2.05) is 34.6 Å². The summed E-state index contributed by atoms with van der Waals surface area (Å²) in [6.45, 7) is 10.0. The van der Waals surface area contributed by atoms with Crippen LogP contribution in [0.1, 0.15) is 60.3 Å². The number of hydrogen-bond acceptors (Lipinski definition) is 3. The van der Waals surface area contributed by atoms with Gasteiger partial charge in [0.15, 0.2) is 0 Å². The van der Waals surface area contributed by atoms with Gasteiger partial charge in [-0.3, -0.25) is 4.79 Å². The molecule has 0 aromatic carbocycles. The molecule has 20 heavy (non-hydrogen) atoms. The van der Waals surface area contributed by atoms with E-state index in [4.69, 9.17) is 4.74 Å². The fraction of sp³-hybridized carbons (Fsp3) is 0.867. The lowest BCUT2D eigenvalue weighted by Crippen LogP contribution is -2.39. The molecular weight excluding hydrogens is 256 g/mol. The van der Waals surface area contributed by atoms with Crippen LogP contribution in [0.2, 0.25) is 0 Å². The van der Waals surface area contributed by atoms with Crippen LogP contribution in [0, 0.1) is 5.41 Å². The van der Waals surface area contributed by atoms with Gasteiger partial charge in [-0.25, -0.2) is 4.79 Å². The van der Waals surface area contributed by atoms with Crippen molar-refractivity contribution >= 4 is 12.0 Å². The molecular formula is C15H28N2O3. The fourth-order valence-electron chi connectivity index (χ4n) is 1.94. The Morgan fingerprint density at radius 3 is 2.35 bits per heavy atom. The molecule has 1 rings (SSSR count). The molecule has 0 heterocycles. The molecule has 0 spiro atoms. The summed E-state index contributed by atoms with van der Waals surface area (Å²) in [6.07, 6.45) is 2.96. The summed E-state index contributed by atoms with van der Waals surface area (Å²) in [5.41, 5.74) is -0.552. The first-order valence-corrected chi connectivity index (χ1v) is 7.42. The number of rotatable bonds is 6. The van der Waals surface area contributed by atoms with Crippen molar-refractivity contribution in [3.8, 4) is 0 Å². The molecule has 0 aliphatic heterocycles. The minimum absolute atomic E-state index is 0.0611. The molecule has 1 saturated carbocycles. The van der Waals surface area contributed by atoms with E-state index in [1.165, 1.54) is 0 Å². The van der Waals surface area contributed by atoms with Crippen LogP contribution < -0.4 is 10.6 Å². The highest BCUT2D eigenvalue weighted by molar-refractivity contribution is 5.77. The van der Waals surface area contributed by atoms with E-state index in [-0.39, 0.29) is 17.4 Å². The normalized spacial score (nSPS) is 18.1. The molecule has 1 aliphatic carbocycles. The van der Waals surface area contributed by atoms with Crippen molar-refractivity contribution in [2.45, 2.75) is 71.9 Å². The van der Waals surface area contributed by atoms with Crippen LogP contribution in [0.25, 0.3) is 0 Å². The van der Waals surface area contributed by atoms with E-state index in [9.17, 15) is 9.59 Å². The van der Waals surface area contributed by atoms with Gasteiger partial charge in [0, 0.05) is 19.0 Å². The zero-order valence-corrected chi connectivity index (χ0v) is 13.3. The number of ether oxygens (including phenoxy) is 1. The van der Waals surface area contributed by atoms with Gasteiger partial charge in [0.05, 0.1) is 0 Å². The Hall–Kier alpha value is -1.26. The Morgan fingerprint density at radius 1 is 1.30 bits per heavy atom. The predicted octanol–water partition coefficient (Wildman–Crippen LogP) is 2.60. The van der Waals surface area contributed by atoms with Gasteiger partial charge in [-0.15, -0.1) is 0 Å². The Bertz CT molecular complexity index is 357. The van der Waals surface area contributed by atoms with Crippen molar-refractivity contribution in [1.82, 2.24) is 10.6 Å². The van der Waals surface area contributed by atoms with Gasteiger partial charge in [0.2, 0.25) is 5.91 Å². The molecule has 0 unspecified atom stereocenters. The molecule has 0 aromatic heterocycles. The summed E-state index contributed by atoms with van der Waals surface area (Å²) >= 11 is 0. The van der Waals surface area contributed by atoms with E-state index in [0.717, 1.165) is 19.3 Å². The highest BCUT2D eigenvalue weighted by atomic mass is 16.6. The van der Waals surface area contributed by atoms with Gasteiger partial charge in [-0.05, 0) is 52.4 Å². The van der Waals surface area contributed by atoms with Crippen LogP contribution >= 0.6 is 0 Å². The first-order valence-electron chi connectivity index (χ1n) is 7.42. The molecule has 2 amide bonds. The monoisotopic (exact) mass is 284 g/mol. The van der Waals surface area contributed by atoms with Crippen molar-refractivity contribution in [2.75, 3.05) is 6.54 Å². The van der Waals surface area contributed by atoms with Crippen LogP contribution in [0.4, 0.5) is 4.79 Å². The largest absolute Gasteiger partial charge is 0.444 e. The lowest BCUT2D eigenvalue weighted by molar-refractivity contribution is -0.122. The van der Waals surface area contributed by atoms with Gasteiger partial charge in [0.1, 0.15) is 5.60 Å². The van der Waals surface area contributed by atoms with Crippen molar-refractivity contribution < 1.29 is 14.3 Å². The van der Waals surface area contributed by atoms with E-state index in [1.54, 1.807) is 0 Å². The van der Waals surface area contributed by atoms with Crippen LogP contribution in [0.5, 0.6) is 0 Å². The lowest BCUT2D eigenvalue weighted by atomic mass is 10.0. The minimum atomic E-state index is -0.491. The van der Waals surface area contributed by atoms with E-state index >= 15 is 0 Å². The second kappa shape index (κ2) is 6.46. The maximum Gasteiger partial charge on any atom is 0.407 e. The van der Waals surface area contributed by atoms with Crippen molar-refractivity contribution in [2.24, 2.45) is 5.41 Å². The standard InChI is InChI=1S/C15H28N2O3/c1-6-11(2)17-12(18)9-15(7-8-15)10-16-13(19)20-14(3,4)5/h11H,6-10H2,1-5H3,(H,16,19)(H,17,18)/t11-/m1/s1. The second-order valence-corrected chi connectivity index (χ2v) is 6.91. The summed E-state index contributed by atoms with van der Waals surface area (Å²) in [5, 5.41) is 5.74. The molecule has 0 bridgehead atoms. The first kappa shape index (κ1) is 16.8. The maximum atomic E-state index is 11.9. The molecule has 1 atom stereocenters. The second-order valence-electron chi connectivity index (χ2n) is 6.91. The molecule has 0 radical (unpaired) electrons. The lowest BCUT2D eigenvalue weighted by Gasteiger charge is -2.22. The van der Waals surface area contributed by atoms with Gasteiger partial charge in [-0.1, -0.05) is 6.92 Å². The van der Waals surface area contributed by atoms with Crippen molar-refractivity contribution in [3.63, 3.8) is 0 Å². The summed E-state index contributed by atoms with van der Waals surface area (Å²) in [5.74, 6) is 0.0721. The third-order valence-electron chi connectivity index (χ3n) is 3.52. The Balaban J connectivity index is 2.32. The summed E-state index contributed by atoms with van der Waals surface area (Å²) in [6, 6.07) is 0.206. The topological polar surface area (TPSA) is 67.4 Å². The third kappa shape index (κ3) is 6.26. The number of amides is 2. The molecule has 1 fully saturated rings. The highest BCUT2D eigenvalue weighted by Crippen LogP contribution is 2.48. The number of alkyl carbamates (subject to hydrolysis) is 1. The number of carbonyl (C=O) groups excluding carboxylic acids is 2. The van der Waals surface area contributed by atoms with E-state index in [2.05, 4.69) is 10.6 Å². The van der Waals surface area contributed by atoms with Gasteiger partial charge < -0.3 is 15.4 Å². The molecule has 0 aromatic rings. The third-order valence-corrected chi connectivity index (χ3v) is 3.52. The average molecular weight is 284 g/mol. The predicted molar refractivity (Wildman–Crippen MR) is 78.4 cm³/mol. The van der Waals surface area contributed by atoms with Gasteiger partial charge in [0.25, 0.3) is 0 Å². The maximum absolute atomic E-state index is 11.9. The molecule has 116 valence electrons. The van der Waals surface area contributed by atoms with Crippen LogP contribution in [0.15, 0.2) is 0 Å². The molecule has 5 nitrogen and oxygen atoms in total. The Kier molecular flexibility index (Phi) is 5.42. The zero-order chi connectivity index (χ0) is 15.4. The number of carbonyl (C=O) groups is 2. The summed E-state index contributed by atoms with van der Waals surface area (Å²) < 4.78 is 5.20.